The molecule has 1 aliphatic heterocycles. The second kappa shape index (κ2) is 4.23. The molecule has 100 valence electrons. The van der Waals surface area contributed by atoms with Crippen LogP contribution in [-0.2, 0) is 10.2 Å². The van der Waals surface area contributed by atoms with Gasteiger partial charge >= 0.3 is 5.97 Å². The molecular weight excluding hydrogens is 316 g/mol. The Balaban J connectivity index is 2.15. The van der Waals surface area contributed by atoms with E-state index in [1.165, 1.54) is 0 Å². The first-order valence-corrected chi connectivity index (χ1v) is 6.66. The molecule has 1 saturated carbocycles. The lowest BCUT2D eigenvalue weighted by atomic mass is 9.90. The van der Waals surface area contributed by atoms with Crippen molar-refractivity contribution in [2.75, 3.05) is 6.79 Å². The molecule has 1 aromatic rings. The van der Waals surface area contributed by atoms with Gasteiger partial charge in [-0.3, -0.25) is 9.59 Å². The lowest BCUT2D eigenvalue weighted by Gasteiger charge is -2.18. The molecular formula is C13H11BrO5. The maximum Gasteiger partial charge on any atom is 0.304 e. The van der Waals surface area contributed by atoms with E-state index in [1.54, 1.807) is 6.07 Å². The Labute approximate surface area is 117 Å². The van der Waals surface area contributed by atoms with Gasteiger partial charge < -0.3 is 14.6 Å². The van der Waals surface area contributed by atoms with Crippen molar-refractivity contribution in [3.8, 4) is 11.5 Å². The van der Waals surface area contributed by atoms with E-state index in [4.69, 9.17) is 14.6 Å². The zero-order valence-electron chi connectivity index (χ0n) is 9.94. The average molecular weight is 327 g/mol. The van der Waals surface area contributed by atoms with E-state index >= 15 is 0 Å². The molecule has 0 bridgehead atoms. The Morgan fingerprint density at radius 2 is 2.11 bits per heavy atom. The van der Waals surface area contributed by atoms with Crippen LogP contribution in [0.2, 0.25) is 0 Å². The predicted octanol–water partition coefficient (Wildman–Crippen LogP) is 2.50. The van der Waals surface area contributed by atoms with Crippen LogP contribution >= 0.6 is 15.9 Å². The lowest BCUT2D eigenvalue weighted by Crippen LogP contribution is -2.14. The van der Waals surface area contributed by atoms with Crippen molar-refractivity contribution < 1.29 is 24.2 Å². The standard InChI is InChI=1S/C13H11BrO5/c14-8-3-7(5-15)11-12(19-6-18-11)10(8)13(1-2-13)4-9(16)17/h3,5H,1-2,4,6H2,(H,16,17). The van der Waals surface area contributed by atoms with Crippen molar-refractivity contribution in [3.05, 3.63) is 21.7 Å². The third-order valence-electron chi connectivity index (χ3n) is 3.62. The predicted molar refractivity (Wildman–Crippen MR) is 68.8 cm³/mol. The van der Waals surface area contributed by atoms with Crippen LogP contribution in [-0.4, -0.2) is 24.2 Å². The summed E-state index contributed by atoms with van der Waals surface area (Å²) in [5.41, 5.74) is 0.825. The van der Waals surface area contributed by atoms with Gasteiger partial charge in [-0.05, 0) is 18.9 Å². The molecule has 1 heterocycles. The van der Waals surface area contributed by atoms with E-state index in [9.17, 15) is 9.59 Å². The number of hydrogen-bond donors (Lipinski definition) is 1. The van der Waals surface area contributed by atoms with Crippen molar-refractivity contribution >= 4 is 28.2 Å². The molecule has 0 aromatic heterocycles. The first-order chi connectivity index (χ1) is 9.07. The third kappa shape index (κ3) is 1.90. The molecule has 0 amide bonds. The minimum absolute atomic E-state index is 0.0574. The molecule has 1 N–H and O–H groups in total. The van der Waals surface area contributed by atoms with Gasteiger partial charge in [0.2, 0.25) is 6.79 Å². The Hall–Kier alpha value is -1.56. The lowest BCUT2D eigenvalue weighted by molar-refractivity contribution is -0.137. The van der Waals surface area contributed by atoms with Gasteiger partial charge in [-0.15, -0.1) is 0 Å². The molecule has 19 heavy (non-hydrogen) atoms. The summed E-state index contributed by atoms with van der Waals surface area (Å²) in [5.74, 6) is 0.0941. The van der Waals surface area contributed by atoms with Gasteiger partial charge in [-0.2, -0.15) is 0 Å². The summed E-state index contributed by atoms with van der Waals surface area (Å²) in [6.07, 6.45) is 2.36. The fraction of sp³-hybridized carbons (Fsp3) is 0.385. The van der Waals surface area contributed by atoms with Crippen LogP contribution in [0.15, 0.2) is 10.5 Å². The number of benzene rings is 1. The summed E-state index contributed by atoms with van der Waals surface area (Å²) < 4.78 is 11.5. The Kier molecular flexibility index (Phi) is 2.78. The average Bonchev–Trinajstić information content (AvgIpc) is 2.93. The number of carbonyl (C=O) groups is 2. The molecule has 1 fully saturated rings. The van der Waals surface area contributed by atoms with Gasteiger partial charge in [0, 0.05) is 15.5 Å². The molecule has 1 aromatic carbocycles. The van der Waals surface area contributed by atoms with Crippen LogP contribution in [0.5, 0.6) is 11.5 Å². The topological polar surface area (TPSA) is 72.8 Å². The first kappa shape index (κ1) is 12.5. The molecule has 3 rings (SSSR count). The number of ether oxygens (including phenoxy) is 2. The van der Waals surface area contributed by atoms with Crippen LogP contribution in [0.25, 0.3) is 0 Å². The SMILES string of the molecule is O=Cc1cc(Br)c(C2(CC(=O)O)CC2)c2c1OCO2. The van der Waals surface area contributed by atoms with Gasteiger partial charge in [0.05, 0.1) is 12.0 Å². The molecule has 0 spiro atoms. The summed E-state index contributed by atoms with van der Waals surface area (Å²) in [6.45, 7) is 0.0583. The van der Waals surface area contributed by atoms with E-state index in [1.807, 2.05) is 0 Å². The molecule has 0 radical (unpaired) electrons. The maximum atomic E-state index is 11.0. The fourth-order valence-corrected chi connectivity index (χ4v) is 3.45. The molecule has 0 atom stereocenters. The molecule has 2 aliphatic rings. The highest BCUT2D eigenvalue weighted by Gasteiger charge is 2.50. The van der Waals surface area contributed by atoms with Crippen molar-refractivity contribution in [2.45, 2.75) is 24.7 Å². The number of aliphatic carboxylic acids is 1. The summed E-state index contributed by atoms with van der Waals surface area (Å²) in [4.78, 5) is 22.0. The second-order valence-electron chi connectivity index (χ2n) is 4.86. The quantitative estimate of drug-likeness (QED) is 0.860. The zero-order chi connectivity index (χ0) is 13.6. The number of carboxylic acid groups (broad SMARTS) is 1. The largest absolute Gasteiger partial charge is 0.481 e. The molecule has 6 heteroatoms. The maximum absolute atomic E-state index is 11.0. The summed E-state index contributed by atoms with van der Waals surface area (Å²) in [5, 5.41) is 9.05. The number of carboxylic acids is 1. The van der Waals surface area contributed by atoms with Gasteiger partial charge in [0.25, 0.3) is 0 Å². The number of halogens is 1. The van der Waals surface area contributed by atoms with Gasteiger partial charge in [0.15, 0.2) is 17.8 Å². The molecule has 1 aliphatic carbocycles. The Morgan fingerprint density at radius 1 is 1.42 bits per heavy atom. The van der Waals surface area contributed by atoms with E-state index < -0.39 is 11.4 Å². The highest BCUT2D eigenvalue weighted by molar-refractivity contribution is 9.10. The minimum Gasteiger partial charge on any atom is -0.481 e. The highest BCUT2D eigenvalue weighted by Crippen LogP contribution is 2.59. The molecule has 0 unspecified atom stereocenters. The molecule has 0 saturated heterocycles. The number of carbonyl (C=O) groups excluding carboxylic acids is 1. The van der Waals surface area contributed by atoms with Crippen LogP contribution in [0.3, 0.4) is 0 Å². The first-order valence-electron chi connectivity index (χ1n) is 5.87. The molecule has 5 nitrogen and oxygen atoms in total. The van der Waals surface area contributed by atoms with Crippen LogP contribution in [0.1, 0.15) is 35.2 Å². The normalized spacial score (nSPS) is 18.2. The number of aldehydes is 1. The minimum atomic E-state index is -0.837. The summed E-state index contributed by atoms with van der Waals surface area (Å²) in [6, 6.07) is 1.66. The van der Waals surface area contributed by atoms with E-state index in [2.05, 4.69) is 15.9 Å². The summed E-state index contributed by atoms with van der Waals surface area (Å²) in [7, 11) is 0. The Morgan fingerprint density at radius 3 is 2.68 bits per heavy atom. The zero-order valence-corrected chi connectivity index (χ0v) is 11.5. The van der Waals surface area contributed by atoms with E-state index in [0.717, 1.165) is 18.4 Å². The summed E-state index contributed by atoms with van der Waals surface area (Å²) >= 11 is 3.42. The third-order valence-corrected chi connectivity index (χ3v) is 4.25. The van der Waals surface area contributed by atoms with Gasteiger partial charge in [0.1, 0.15) is 0 Å². The highest BCUT2D eigenvalue weighted by atomic mass is 79.9. The monoisotopic (exact) mass is 326 g/mol. The smallest absolute Gasteiger partial charge is 0.304 e. The fourth-order valence-electron chi connectivity index (χ4n) is 2.60. The van der Waals surface area contributed by atoms with Crippen molar-refractivity contribution in [2.24, 2.45) is 0 Å². The van der Waals surface area contributed by atoms with Gasteiger partial charge in [-0.1, -0.05) is 15.9 Å². The van der Waals surface area contributed by atoms with Crippen LogP contribution in [0.4, 0.5) is 0 Å². The van der Waals surface area contributed by atoms with Crippen LogP contribution < -0.4 is 9.47 Å². The second-order valence-corrected chi connectivity index (χ2v) is 5.71. The van der Waals surface area contributed by atoms with Crippen molar-refractivity contribution in [1.29, 1.82) is 0 Å². The van der Waals surface area contributed by atoms with Gasteiger partial charge in [-0.25, -0.2) is 0 Å². The van der Waals surface area contributed by atoms with E-state index in [0.29, 0.717) is 27.8 Å². The number of fused-ring (bicyclic) bond motifs is 1. The number of rotatable bonds is 4. The number of hydrogen-bond acceptors (Lipinski definition) is 4. The van der Waals surface area contributed by atoms with E-state index in [-0.39, 0.29) is 13.2 Å². The van der Waals surface area contributed by atoms with Crippen LogP contribution in [0, 0.1) is 0 Å². The Bertz CT molecular complexity index is 577. The van der Waals surface area contributed by atoms with Crippen molar-refractivity contribution in [3.63, 3.8) is 0 Å². The van der Waals surface area contributed by atoms with Crippen molar-refractivity contribution in [1.82, 2.24) is 0 Å².